The van der Waals surface area contributed by atoms with E-state index in [9.17, 15) is 14.7 Å². The van der Waals surface area contributed by atoms with Crippen molar-refractivity contribution in [2.24, 2.45) is 11.3 Å². The molecule has 4 nitrogen and oxygen atoms in total. The van der Waals surface area contributed by atoms with Crippen LogP contribution < -0.4 is 0 Å². The van der Waals surface area contributed by atoms with Crippen LogP contribution in [-0.2, 0) is 9.59 Å². The molecule has 1 rings (SSSR count). The normalized spacial score (nSPS) is 16.1. The molecule has 0 bridgehead atoms. The standard InChI is InChI=1S/C26H52O2.C7H8O2/c1-4-7-9-11-12-13-14-15-16-17-18-19-20-22-24-26(6-3,25(27)28)23-21-10-8-5-2;8-7(9)6-4-2-1-3-5-6/h4-24H2,1-3H3,(H,27,28);1-4,6H,5H2,(H,8,9). The van der Waals surface area contributed by atoms with Gasteiger partial charge in [-0.15, -0.1) is 0 Å². The Morgan fingerprint density at radius 3 is 1.35 bits per heavy atom. The third-order valence-electron chi connectivity index (χ3n) is 7.95. The first-order chi connectivity index (χ1) is 17.9. The number of carboxylic acid groups (broad SMARTS) is 2. The Labute approximate surface area is 229 Å². The van der Waals surface area contributed by atoms with Gasteiger partial charge in [-0.05, 0) is 25.7 Å². The summed E-state index contributed by atoms with van der Waals surface area (Å²) in [6.45, 7) is 6.55. The Hall–Kier alpha value is -1.58. The van der Waals surface area contributed by atoms with Crippen LogP contribution in [0.3, 0.4) is 0 Å². The van der Waals surface area contributed by atoms with Crippen molar-refractivity contribution in [3.05, 3.63) is 24.3 Å². The maximum absolute atomic E-state index is 11.9. The molecule has 0 heterocycles. The van der Waals surface area contributed by atoms with E-state index < -0.39 is 17.4 Å². The van der Waals surface area contributed by atoms with E-state index >= 15 is 0 Å². The molecule has 37 heavy (non-hydrogen) atoms. The van der Waals surface area contributed by atoms with E-state index in [1.165, 1.54) is 103 Å². The van der Waals surface area contributed by atoms with Gasteiger partial charge in [-0.25, -0.2) is 0 Å². The Morgan fingerprint density at radius 1 is 0.649 bits per heavy atom. The predicted octanol–water partition coefficient (Wildman–Crippen LogP) is 10.5. The van der Waals surface area contributed by atoms with Crippen molar-refractivity contribution in [1.82, 2.24) is 0 Å². The molecular formula is C33H60O4. The zero-order valence-electron chi connectivity index (χ0n) is 24.7. The number of carboxylic acids is 2. The second-order valence-corrected chi connectivity index (χ2v) is 11.1. The average molecular weight is 521 g/mol. The molecule has 0 amide bonds. The molecule has 4 heteroatoms. The highest BCUT2D eigenvalue weighted by molar-refractivity contribution is 5.74. The van der Waals surface area contributed by atoms with E-state index in [0.29, 0.717) is 6.42 Å². The maximum atomic E-state index is 11.9. The van der Waals surface area contributed by atoms with Crippen molar-refractivity contribution in [3.63, 3.8) is 0 Å². The lowest BCUT2D eigenvalue weighted by Crippen LogP contribution is -2.30. The van der Waals surface area contributed by atoms with Crippen molar-refractivity contribution in [1.29, 1.82) is 0 Å². The fourth-order valence-corrected chi connectivity index (χ4v) is 5.16. The molecule has 2 atom stereocenters. The van der Waals surface area contributed by atoms with Crippen LogP contribution in [0.1, 0.15) is 162 Å². The minimum atomic E-state index is -0.740. The predicted molar refractivity (Wildman–Crippen MR) is 158 cm³/mol. The number of hydrogen-bond donors (Lipinski definition) is 2. The molecule has 2 unspecified atom stereocenters. The van der Waals surface area contributed by atoms with Gasteiger partial charge in [-0.2, -0.15) is 0 Å². The van der Waals surface area contributed by atoms with Crippen molar-refractivity contribution in [2.45, 2.75) is 162 Å². The maximum Gasteiger partial charge on any atom is 0.310 e. The van der Waals surface area contributed by atoms with Gasteiger partial charge in [0, 0.05) is 0 Å². The molecule has 216 valence electrons. The van der Waals surface area contributed by atoms with Gasteiger partial charge in [0.1, 0.15) is 0 Å². The van der Waals surface area contributed by atoms with E-state index in [1.54, 1.807) is 12.2 Å². The van der Waals surface area contributed by atoms with E-state index in [4.69, 9.17) is 5.11 Å². The summed E-state index contributed by atoms with van der Waals surface area (Å²) < 4.78 is 0. The fourth-order valence-electron chi connectivity index (χ4n) is 5.16. The highest BCUT2D eigenvalue weighted by atomic mass is 16.4. The number of aliphatic carboxylic acids is 2. The summed E-state index contributed by atoms with van der Waals surface area (Å²) in [5.41, 5.74) is -0.454. The Bertz CT molecular complexity index is 609. The molecule has 1 aliphatic carbocycles. The molecule has 0 aromatic heterocycles. The molecule has 2 N–H and O–H groups in total. The Kier molecular flexibility index (Phi) is 23.7. The second kappa shape index (κ2) is 24.7. The molecule has 0 saturated carbocycles. The molecule has 0 fully saturated rings. The van der Waals surface area contributed by atoms with Crippen LogP contribution in [-0.4, -0.2) is 22.2 Å². The van der Waals surface area contributed by atoms with Crippen LogP contribution in [0.25, 0.3) is 0 Å². The van der Waals surface area contributed by atoms with E-state index in [0.717, 1.165) is 32.1 Å². The Balaban J connectivity index is 0.00000120. The van der Waals surface area contributed by atoms with Crippen LogP contribution in [0.4, 0.5) is 0 Å². The quantitative estimate of drug-likeness (QED) is 0.131. The van der Waals surface area contributed by atoms with Gasteiger partial charge in [0.2, 0.25) is 0 Å². The summed E-state index contributed by atoms with van der Waals surface area (Å²) in [5, 5.41) is 18.2. The SMILES string of the molecule is CCCCCCCCCCCCCCCCC(CC)(CCCCCC)C(=O)O.O=C(O)C1C=CC=CC1. The van der Waals surface area contributed by atoms with Crippen LogP contribution >= 0.6 is 0 Å². The lowest BCUT2D eigenvalue weighted by atomic mass is 9.76. The number of carbonyl (C=O) groups is 2. The van der Waals surface area contributed by atoms with Gasteiger partial charge in [0.15, 0.2) is 0 Å². The lowest BCUT2D eigenvalue weighted by molar-refractivity contribution is -0.150. The minimum Gasteiger partial charge on any atom is -0.481 e. The molecule has 0 aliphatic heterocycles. The van der Waals surface area contributed by atoms with Crippen LogP contribution in [0.2, 0.25) is 0 Å². The first kappa shape index (κ1) is 35.4. The molecule has 0 radical (unpaired) electrons. The topological polar surface area (TPSA) is 74.6 Å². The molecule has 0 saturated heterocycles. The van der Waals surface area contributed by atoms with Gasteiger partial charge in [0.05, 0.1) is 11.3 Å². The molecular weight excluding hydrogens is 460 g/mol. The lowest BCUT2D eigenvalue weighted by Gasteiger charge is -2.28. The van der Waals surface area contributed by atoms with E-state index in [-0.39, 0.29) is 5.92 Å². The van der Waals surface area contributed by atoms with Crippen LogP contribution in [0.5, 0.6) is 0 Å². The minimum absolute atomic E-state index is 0.296. The van der Waals surface area contributed by atoms with Gasteiger partial charge >= 0.3 is 11.9 Å². The summed E-state index contributed by atoms with van der Waals surface area (Å²) in [6, 6.07) is 0. The van der Waals surface area contributed by atoms with E-state index in [2.05, 4.69) is 20.8 Å². The number of unbranched alkanes of at least 4 members (excludes halogenated alkanes) is 16. The zero-order chi connectivity index (χ0) is 27.6. The third kappa shape index (κ3) is 19.2. The van der Waals surface area contributed by atoms with Crippen LogP contribution in [0, 0.1) is 11.3 Å². The van der Waals surface area contributed by atoms with Gasteiger partial charge < -0.3 is 10.2 Å². The molecule has 0 spiro atoms. The third-order valence-corrected chi connectivity index (χ3v) is 7.95. The van der Waals surface area contributed by atoms with Crippen molar-refractivity contribution >= 4 is 11.9 Å². The largest absolute Gasteiger partial charge is 0.481 e. The van der Waals surface area contributed by atoms with E-state index in [1.807, 2.05) is 12.2 Å². The van der Waals surface area contributed by atoms with Gasteiger partial charge in [-0.3, -0.25) is 9.59 Å². The van der Waals surface area contributed by atoms with Crippen molar-refractivity contribution < 1.29 is 19.8 Å². The summed E-state index contributed by atoms with van der Waals surface area (Å²) in [5.74, 6) is -1.59. The summed E-state index contributed by atoms with van der Waals surface area (Å²) in [7, 11) is 0. The highest BCUT2D eigenvalue weighted by Crippen LogP contribution is 2.35. The molecule has 0 aromatic rings. The summed E-state index contributed by atoms with van der Waals surface area (Å²) >= 11 is 0. The molecule has 1 aliphatic rings. The average Bonchev–Trinajstić information content (AvgIpc) is 2.91. The second-order valence-electron chi connectivity index (χ2n) is 11.1. The van der Waals surface area contributed by atoms with Crippen LogP contribution in [0.15, 0.2) is 24.3 Å². The first-order valence-electron chi connectivity index (χ1n) is 15.7. The number of hydrogen-bond acceptors (Lipinski definition) is 2. The fraction of sp³-hybridized carbons (Fsp3) is 0.818. The van der Waals surface area contributed by atoms with Gasteiger partial charge in [0.25, 0.3) is 0 Å². The van der Waals surface area contributed by atoms with Crippen molar-refractivity contribution in [2.75, 3.05) is 0 Å². The van der Waals surface area contributed by atoms with Crippen molar-refractivity contribution in [3.8, 4) is 0 Å². The Morgan fingerprint density at radius 2 is 1.05 bits per heavy atom. The smallest absolute Gasteiger partial charge is 0.310 e. The number of rotatable bonds is 23. The molecule has 0 aromatic carbocycles. The highest BCUT2D eigenvalue weighted by Gasteiger charge is 2.35. The monoisotopic (exact) mass is 520 g/mol. The van der Waals surface area contributed by atoms with Gasteiger partial charge in [-0.1, -0.05) is 161 Å². The number of allylic oxidation sites excluding steroid dienone is 3. The summed E-state index contributed by atoms with van der Waals surface area (Å²) in [4.78, 5) is 22.2. The first-order valence-corrected chi connectivity index (χ1v) is 15.7. The zero-order valence-corrected chi connectivity index (χ0v) is 24.7. The summed E-state index contributed by atoms with van der Waals surface area (Å²) in [6.07, 6.45) is 34.0.